The van der Waals surface area contributed by atoms with Crippen molar-refractivity contribution in [2.45, 2.75) is 12.8 Å². The van der Waals surface area contributed by atoms with E-state index in [1.807, 2.05) is 12.1 Å². The van der Waals surface area contributed by atoms with Crippen LogP contribution in [0.5, 0.6) is 11.5 Å². The number of anilines is 1. The van der Waals surface area contributed by atoms with Crippen molar-refractivity contribution in [1.82, 2.24) is 5.43 Å². The highest BCUT2D eigenvalue weighted by Gasteiger charge is 2.07. The Bertz CT molecular complexity index is 755. The lowest BCUT2D eigenvalue weighted by molar-refractivity contribution is -0.124. The number of amides is 2. The highest BCUT2D eigenvalue weighted by Crippen LogP contribution is 2.15. The molecule has 136 valence electrons. The minimum absolute atomic E-state index is 0.0436. The van der Waals surface area contributed by atoms with E-state index in [0.29, 0.717) is 11.4 Å². The number of methoxy groups -OCH3 is 2. The van der Waals surface area contributed by atoms with Crippen LogP contribution in [0, 0.1) is 0 Å². The first kappa shape index (κ1) is 19.0. The van der Waals surface area contributed by atoms with Gasteiger partial charge in [0.05, 0.1) is 20.4 Å². The summed E-state index contributed by atoms with van der Waals surface area (Å²) in [5.74, 6) is 0.871. The van der Waals surface area contributed by atoms with Crippen molar-refractivity contribution in [2.24, 2.45) is 5.10 Å². The maximum Gasteiger partial charge on any atom is 0.240 e. The molecule has 2 aromatic carbocycles. The van der Waals surface area contributed by atoms with Gasteiger partial charge in [0.2, 0.25) is 11.8 Å². The fraction of sp³-hybridized carbons (Fsp3) is 0.211. The van der Waals surface area contributed by atoms with Gasteiger partial charge in [-0.15, -0.1) is 0 Å². The van der Waals surface area contributed by atoms with Crippen LogP contribution in [0.25, 0.3) is 0 Å². The van der Waals surface area contributed by atoms with Crippen LogP contribution in [0.15, 0.2) is 53.6 Å². The van der Waals surface area contributed by atoms with Gasteiger partial charge in [-0.05, 0) is 54.1 Å². The van der Waals surface area contributed by atoms with Gasteiger partial charge in [0.25, 0.3) is 0 Å². The van der Waals surface area contributed by atoms with Crippen LogP contribution in [-0.4, -0.2) is 32.2 Å². The number of ether oxygens (including phenoxy) is 2. The van der Waals surface area contributed by atoms with E-state index in [1.165, 1.54) is 6.21 Å². The van der Waals surface area contributed by atoms with E-state index in [-0.39, 0.29) is 24.7 Å². The van der Waals surface area contributed by atoms with E-state index in [2.05, 4.69) is 15.8 Å². The third-order valence-corrected chi connectivity index (χ3v) is 3.47. The van der Waals surface area contributed by atoms with Gasteiger partial charge in [-0.1, -0.05) is 0 Å². The van der Waals surface area contributed by atoms with Gasteiger partial charge < -0.3 is 14.8 Å². The zero-order valence-electron chi connectivity index (χ0n) is 14.7. The first-order valence-corrected chi connectivity index (χ1v) is 8.00. The second kappa shape index (κ2) is 9.83. The van der Waals surface area contributed by atoms with E-state index in [1.54, 1.807) is 50.6 Å². The number of benzene rings is 2. The SMILES string of the molecule is COc1ccc(C=NNC(=O)CCC(=O)Nc2ccc(OC)cc2)cc1. The topological polar surface area (TPSA) is 89.0 Å². The van der Waals surface area contributed by atoms with Crippen molar-refractivity contribution in [1.29, 1.82) is 0 Å². The van der Waals surface area contributed by atoms with E-state index in [4.69, 9.17) is 9.47 Å². The molecule has 7 heteroatoms. The Morgan fingerprint density at radius 3 is 2.00 bits per heavy atom. The molecule has 0 spiro atoms. The van der Waals surface area contributed by atoms with Crippen LogP contribution in [-0.2, 0) is 9.59 Å². The number of hydrogen-bond donors (Lipinski definition) is 2. The highest BCUT2D eigenvalue weighted by molar-refractivity contribution is 5.93. The van der Waals surface area contributed by atoms with Crippen LogP contribution in [0.1, 0.15) is 18.4 Å². The largest absolute Gasteiger partial charge is 0.497 e. The number of rotatable bonds is 8. The molecule has 26 heavy (non-hydrogen) atoms. The molecule has 0 atom stereocenters. The second-order valence-corrected chi connectivity index (χ2v) is 5.34. The summed E-state index contributed by atoms with van der Waals surface area (Å²) < 4.78 is 10.1. The van der Waals surface area contributed by atoms with Crippen LogP contribution < -0.4 is 20.2 Å². The fourth-order valence-electron chi connectivity index (χ4n) is 2.05. The molecule has 2 amide bonds. The molecule has 0 aromatic heterocycles. The molecule has 0 radical (unpaired) electrons. The molecule has 0 heterocycles. The molecule has 2 rings (SSSR count). The second-order valence-electron chi connectivity index (χ2n) is 5.34. The lowest BCUT2D eigenvalue weighted by Gasteiger charge is -2.06. The summed E-state index contributed by atoms with van der Waals surface area (Å²) in [5, 5.41) is 6.58. The smallest absolute Gasteiger partial charge is 0.240 e. The van der Waals surface area contributed by atoms with Crippen LogP contribution >= 0.6 is 0 Å². The summed E-state index contributed by atoms with van der Waals surface area (Å²) in [6.07, 6.45) is 1.63. The Balaban J connectivity index is 1.71. The molecular weight excluding hydrogens is 334 g/mol. The fourth-order valence-corrected chi connectivity index (χ4v) is 2.05. The monoisotopic (exact) mass is 355 g/mol. The maximum absolute atomic E-state index is 11.9. The van der Waals surface area contributed by atoms with Crippen LogP contribution in [0.4, 0.5) is 5.69 Å². The predicted molar refractivity (Wildman–Crippen MR) is 99.6 cm³/mol. The standard InChI is InChI=1S/C19H21N3O4/c1-25-16-7-3-14(4-8-16)13-20-22-19(24)12-11-18(23)21-15-5-9-17(26-2)10-6-15/h3-10,13H,11-12H2,1-2H3,(H,21,23)(H,22,24). The lowest BCUT2D eigenvalue weighted by Crippen LogP contribution is -2.20. The number of carbonyl (C=O) groups is 2. The van der Waals surface area contributed by atoms with Gasteiger partial charge in [-0.2, -0.15) is 5.10 Å². The average Bonchev–Trinajstić information content (AvgIpc) is 2.67. The van der Waals surface area contributed by atoms with E-state index in [9.17, 15) is 9.59 Å². The highest BCUT2D eigenvalue weighted by atomic mass is 16.5. The maximum atomic E-state index is 11.9. The molecule has 0 aliphatic heterocycles. The number of nitrogens with one attached hydrogen (secondary N) is 2. The molecular formula is C19H21N3O4. The molecule has 0 saturated carbocycles. The summed E-state index contributed by atoms with van der Waals surface area (Å²) in [4.78, 5) is 23.6. The normalized spacial score (nSPS) is 10.4. The third kappa shape index (κ3) is 6.27. The van der Waals surface area contributed by atoms with Gasteiger partial charge in [-0.25, -0.2) is 5.43 Å². The molecule has 0 fully saturated rings. The molecule has 0 bridgehead atoms. The van der Waals surface area contributed by atoms with E-state index < -0.39 is 0 Å². The quantitative estimate of drug-likeness (QED) is 0.563. The first-order valence-electron chi connectivity index (χ1n) is 8.00. The summed E-state index contributed by atoms with van der Waals surface area (Å²) in [6.45, 7) is 0. The summed E-state index contributed by atoms with van der Waals surface area (Å²) in [7, 11) is 3.16. The third-order valence-electron chi connectivity index (χ3n) is 3.47. The van der Waals surface area contributed by atoms with E-state index in [0.717, 1.165) is 11.3 Å². The number of hydrazone groups is 1. The average molecular weight is 355 g/mol. The zero-order valence-corrected chi connectivity index (χ0v) is 14.7. The number of nitrogens with zero attached hydrogens (tertiary/aromatic N) is 1. The predicted octanol–water partition coefficient (Wildman–Crippen LogP) is 2.57. The number of hydrogen-bond acceptors (Lipinski definition) is 5. The minimum atomic E-state index is -0.334. The summed E-state index contributed by atoms with van der Waals surface area (Å²) in [5.41, 5.74) is 3.87. The lowest BCUT2D eigenvalue weighted by atomic mass is 10.2. The Morgan fingerprint density at radius 1 is 0.885 bits per heavy atom. The first-order chi connectivity index (χ1) is 12.6. The van der Waals surface area contributed by atoms with Gasteiger partial charge in [0, 0.05) is 18.5 Å². The molecule has 2 N–H and O–H groups in total. The molecule has 0 aliphatic rings. The number of carbonyl (C=O) groups excluding carboxylic acids is 2. The van der Waals surface area contributed by atoms with Crippen molar-refractivity contribution in [3.63, 3.8) is 0 Å². The Hall–Kier alpha value is -3.35. The Kier molecular flexibility index (Phi) is 7.17. The van der Waals surface area contributed by atoms with Gasteiger partial charge in [0.1, 0.15) is 11.5 Å². The van der Waals surface area contributed by atoms with Crippen molar-refractivity contribution in [2.75, 3.05) is 19.5 Å². The Morgan fingerprint density at radius 2 is 1.42 bits per heavy atom. The van der Waals surface area contributed by atoms with Crippen LogP contribution in [0.2, 0.25) is 0 Å². The van der Waals surface area contributed by atoms with Crippen molar-refractivity contribution in [3.8, 4) is 11.5 Å². The Labute approximate surface area is 152 Å². The van der Waals surface area contributed by atoms with Crippen molar-refractivity contribution < 1.29 is 19.1 Å². The molecule has 2 aromatic rings. The van der Waals surface area contributed by atoms with Crippen molar-refractivity contribution >= 4 is 23.7 Å². The molecule has 7 nitrogen and oxygen atoms in total. The molecule has 0 unspecified atom stereocenters. The van der Waals surface area contributed by atoms with Crippen molar-refractivity contribution in [3.05, 3.63) is 54.1 Å². The van der Waals surface area contributed by atoms with Gasteiger partial charge in [-0.3, -0.25) is 9.59 Å². The summed E-state index contributed by atoms with van der Waals surface area (Å²) >= 11 is 0. The molecule has 0 saturated heterocycles. The van der Waals surface area contributed by atoms with E-state index >= 15 is 0 Å². The van der Waals surface area contributed by atoms with Gasteiger partial charge in [0.15, 0.2) is 0 Å². The molecule has 0 aliphatic carbocycles. The summed E-state index contributed by atoms with van der Waals surface area (Å²) in [6, 6.07) is 14.2. The van der Waals surface area contributed by atoms with Crippen LogP contribution in [0.3, 0.4) is 0 Å². The minimum Gasteiger partial charge on any atom is -0.497 e. The van der Waals surface area contributed by atoms with Gasteiger partial charge >= 0.3 is 0 Å². The zero-order chi connectivity index (χ0) is 18.8.